The third-order valence-electron chi connectivity index (χ3n) is 4.23. The molecule has 0 atom stereocenters. The fourth-order valence-corrected chi connectivity index (χ4v) is 3.73. The monoisotopic (exact) mass is 366 g/mol. The maximum absolute atomic E-state index is 13.5. The van der Waals surface area contributed by atoms with Crippen LogP contribution in [0.4, 0.5) is 22.0 Å². The molecule has 23 heavy (non-hydrogen) atoms. The largest absolute Gasteiger partial charge is 0.389 e. The second kappa shape index (κ2) is 6.82. The summed E-state index contributed by atoms with van der Waals surface area (Å²) in [6.45, 7) is 6.13. The van der Waals surface area contributed by atoms with E-state index in [9.17, 15) is 30.4 Å². The molecule has 0 aliphatic heterocycles. The number of rotatable bonds is 5. The van der Waals surface area contributed by atoms with Crippen LogP contribution >= 0.6 is 0 Å². The van der Waals surface area contributed by atoms with Gasteiger partial charge in [-0.2, -0.15) is 30.4 Å². The molecule has 0 radical (unpaired) electrons. The van der Waals surface area contributed by atoms with E-state index in [0.717, 1.165) is 0 Å². The van der Waals surface area contributed by atoms with E-state index in [4.69, 9.17) is 0 Å². The maximum Gasteiger partial charge on any atom is 0.389 e. The van der Waals surface area contributed by atoms with Gasteiger partial charge in [0.15, 0.2) is 0 Å². The van der Waals surface area contributed by atoms with Gasteiger partial charge in [0.1, 0.15) is 0 Å². The summed E-state index contributed by atoms with van der Waals surface area (Å²) in [6, 6.07) is 0. The first-order valence-corrected chi connectivity index (χ1v) is 8.92. The van der Waals surface area contributed by atoms with Crippen LogP contribution in [0.2, 0.25) is 0 Å². The Morgan fingerprint density at radius 1 is 0.913 bits per heavy atom. The zero-order chi connectivity index (χ0) is 18.1. The van der Waals surface area contributed by atoms with Crippen LogP contribution in [0.1, 0.15) is 59.3 Å². The Balaban J connectivity index is 2.62. The van der Waals surface area contributed by atoms with Crippen molar-refractivity contribution in [2.45, 2.75) is 76.8 Å². The number of hydrogen-bond acceptors (Lipinski definition) is 3. The summed E-state index contributed by atoms with van der Waals surface area (Å²) in [5.41, 5.74) is 0.0283. The molecular weight excluding hydrogens is 343 g/mol. The lowest BCUT2D eigenvalue weighted by Gasteiger charge is -2.36. The molecule has 0 unspecified atom stereocenters. The van der Waals surface area contributed by atoms with Crippen molar-refractivity contribution in [3.05, 3.63) is 0 Å². The predicted octanol–water partition coefficient (Wildman–Crippen LogP) is 4.87. The Bertz CT molecular complexity index is 486. The minimum absolute atomic E-state index is 0.0283. The smallest absolute Gasteiger partial charge is 0.262 e. The van der Waals surface area contributed by atoms with Crippen LogP contribution in [0.25, 0.3) is 0 Å². The highest BCUT2D eigenvalue weighted by Gasteiger charge is 2.49. The molecule has 0 spiro atoms. The highest BCUT2D eigenvalue weighted by atomic mass is 32.2. The van der Waals surface area contributed by atoms with Crippen molar-refractivity contribution in [3.63, 3.8) is 0 Å². The molecule has 1 fully saturated rings. The van der Waals surface area contributed by atoms with Gasteiger partial charge in [0.05, 0.1) is 12.5 Å². The predicted molar refractivity (Wildman–Crippen MR) is 75.4 cm³/mol. The normalized spacial score (nSPS) is 24.7. The second-order valence-corrected chi connectivity index (χ2v) is 8.84. The molecule has 0 saturated heterocycles. The molecule has 0 aromatic rings. The first kappa shape index (κ1) is 20.6. The van der Waals surface area contributed by atoms with E-state index in [1.807, 2.05) is 20.8 Å². The Kier molecular flexibility index (Phi) is 6.11. The van der Waals surface area contributed by atoms with E-state index in [1.54, 1.807) is 0 Å². The van der Waals surface area contributed by atoms with Crippen molar-refractivity contribution in [2.75, 3.05) is 0 Å². The summed E-state index contributed by atoms with van der Waals surface area (Å²) in [6.07, 6.45) is -7.56. The summed E-state index contributed by atoms with van der Waals surface area (Å²) in [5, 5.41) is -4.54. The SMILES string of the molecule is CC(C)(C)C1CCC(OS(=O)(=O)C(F)(F)CCC(F)(F)F)CC1. The Hall–Kier alpha value is -0.440. The molecule has 0 amide bonds. The molecule has 1 saturated carbocycles. The highest BCUT2D eigenvalue weighted by molar-refractivity contribution is 7.87. The zero-order valence-corrected chi connectivity index (χ0v) is 14.2. The van der Waals surface area contributed by atoms with Gasteiger partial charge in [-0.05, 0) is 37.0 Å². The van der Waals surface area contributed by atoms with Crippen LogP contribution < -0.4 is 0 Å². The minimum Gasteiger partial charge on any atom is -0.262 e. The van der Waals surface area contributed by atoms with Gasteiger partial charge in [0.25, 0.3) is 0 Å². The van der Waals surface area contributed by atoms with E-state index < -0.39 is 40.5 Å². The average molecular weight is 366 g/mol. The molecule has 1 rings (SSSR count). The molecule has 138 valence electrons. The van der Waals surface area contributed by atoms with E-state index >= 15 is 0 Å². The fourth-order valence-electron chi connectivity index (χ4n) is 2.69. The summed E-state index contributed by atoms with van der Waals surface area (Å²) >= 11 is 0. The Labute approximate surface area is 133 Å². The van der Waals surface area contributed by atoms with Crippen molar-refractivity contribution in [2.24, 2.45) is 11.3 Å². The minimum atomic E-state index is -5.37. The van der Waals surface area contributed by atoms with Crippen LogP contribution in [0.3, 0.4) is 0 Å². The van der Waals surface area contributed by atoms with Crippen molar-refractivity contribution in [1.29, 1.82) is 0 Å². The van der Waals surface area contributed by atoms with Gasteiger partial charge in [0, 0.05) is 6.42 Å². The van der Waals surface area contributed by atoms with Gasteiger partial charge in [-0.25, -0.2) is 0 Å². The number of alkyl halides is 5. The van der Waals surface area contributed by atoms with E-state index in [0.29, 0.717) is 31.6 Å². The first-order valence-electron chi connectivity index (χ1n) is 7.51. The quantitative estimate of drug-likeness (QED) is 0.515. The van der Waals surface area contributed by atoms with Crippen LogP contribution in [-0.4, -0.2) is 26.0 Å². The molecular formula is C14H23F5O3S. The maximum atomic E-state index is 13.5. The molecule has 0 N–H and O–H groups in total. The first-order chi connectivity index (χ1) is 10.1. The second-order valence-electron chi connectivity index (χ2n) is 7.14. The molecule has 0 aromatic heterocycles. The molecule has 0 bridgehead atoms. The van der Waals surface area contributed by atoms with Crippen molar-refractivity contribution < 1.29 is 34.6 Å². The topological polar surface area (TPSA) is 43.4 Å². The third kappa shape index (κ3) is 6.17. The van der Waals surface area contributed by atoms with E-state index in [-0.39, 0.29) is 5.41 Å². The number of hydrogen-bond donors (Lipinski definition) is 0. The number of halogens is 5. The van der Waals surface area contributed by atoms with Gasteiger partial charge < -0.3 is 0 Å². The van der Waals surface area contributed by atoms with Crippen LogP contribution in [0.5, 0.6) is 0 Å². The molecule has 9 heteroatoms. The van der Waals surface area contributed by atoms with Gasteiger partial charge in [-0.15, -0.1) is 0 Å². The summed E-state index contributed by atoms with van der Waals surface area (Å²) in [4.78, 5) is 0. The van der Waals surface area contributed by atoms with Crippen LogP contribution in [0, 0.1) is 11.3 Å². The van der Waals surface area contributed by atoms with Gasteiger partial charge in [0.2, 0.25) is 0 Å². The van der Waals surface area contributed by atoms with Crippen molar-refractivity contribution >= 4 is 10.1 Å². The molecule has 3 nitrogen and oxygen atoms in total. The Morgan fingerprint density at radius 3 is 1.78 bits per heavy atom. The molecule has 1 aliphatic carbocycles. The zero-order valence-electron chi connectivity index (χ0n) is 13.4. The Morgan fingerprint density at radius 2 is 1.39 bits per heavy atom. The molecule has 1 aliphatic rings. The van der Waals surface area contributed by atoms with E-state index in [1.165, 1.54) is 0 Å². The standard InChI is InChI=1S/C14H23F5O3S/c1-12(2,3)10-4-6-11(7-5-10)22-23(20,21)14(18,19)9-8-13(15,16)17/h10-11H,4-9H2,1-3H3. The lowest BCUT2D eigenvalue weighted by atomic mass is 9.72. The lowest BCUT2D eigenvalue weighted by Crippen LogP contribution is -2.37. The molecule has 0 aromatic carbocycles. The van der Waals surface area contributed by atoms with Crippen molar-refractivity contribution in [1.82, 2.24) is 0 Å². The summed E-state index contributed by atoms with van der Waals surface area (Å²) < 4.78 is 90.8. The average Bonchev–Trinajstić information content (AvgIpc) is 2.34. The van der Waals surface area contributed by atoms with Gasteiger partial charge in [-0.1, -0.05) is 20.8 Å². The van der Waals surface area contributed by atoms with Crippen molar-refractivity contribution in [3.8, 4) is 0 Å². The van der Waals surface area contributed by atoms with Gasteiger partial charge in [-0.3, -0.25) is 4.18 Å². The summed E-state index contributed by atoms with van der Waals surface area (Å²) in [5.74, 6) is 0.329. The molecule has 0 heterocycles. The highest BCUT2D eigenvalue weighted by Crippen LogP contribution is 2.40. The van der Waals surface area contributed by atoms with Gasteiger partial charge >= 0.3 is 21.5 Å². The fraction of sp³-hybridized carbons (Fsp3) is 1.00. The third-order valence-corrected chi connectivity index (χ3v) is 5.69. The lowest BCUT2D eigenvalue weighted by molar-refractivity contribution is -0.144. The van der Waals surface area contributed by atoms with Crippen LogP contribution in [-0.2, 0) is 14.3 Å². The summed E-state index contributed by atoms with van der Waals surface area (Å²) in [7, 11) is -5.37. The van der Waals surface area contributed by atoms with E-state index in [2.05, 4.69) is 4.18 Å². The van der Waals surface area contributed by atoms with Crippen LogP contribution in [0.15, 0.2) is 0 Å².